The molecule has 44 heavy (non-hydrogen) atoms. The van der Waals surface area contributed by atoms with Crippen LogP contribution in [-0.2, 0) is 13.0 Å². The number of unbranched alkanes of at least 4 members (excludes halogenated alkanes) is 2. The summed E-state index contributed by atoms with van der Waals surface area (Å²) in [7, 11) is 0. The molecule has 1 aromatic heterocycles. The molecule has 0 saturated carbocycles. The highest BCUT2D eigenvalue weighted by atomic mass is 32.2. The van der Waals surface area contributed by atoms with Crippen molar-refractivity contribution in [2.24, 2.45) is 0 Å². The summed E-state index contributed by atoms with van der Waals surface area (Å²) in [6, 6.07) is 24.7. The Morgan fingerprint density at radius 2 is 1.57 bits per heavy atom. The topological polar surface area (TPSA) is 58.4 Å². The summed E-state index contributed by atoms with van der Waals surface area (Å²) < 4.78 is 1.78. The Labute approximate surface area is 266 Å². The van der Waals surface area contributed by atoms with Crippen LogP contribution in [0.4, 0.5) is 0 Å². The number of rotatable bonds is 11. The number of benzene rings is 3. The lowest BCUT2D eigenvalue weighted by atomic mass is 9.93. The van der Waals surface area contributed by atoms with Crippen molar-refractivity contribution in [3.8, 4) is 16.8 Å². The van der Waals surface area contributed by atoms with Gasteiger partial charge in [0.25, 0.3) is 11.8 Å². The SMILES string of the molecule is CCCCN(CCCC)C(=O)c1cc(C)n(-c2ccc(-c3ccc(SC)cc3)cc2C(=O)N2Cc3ccccc3C[C@H]2C)n1. The first-order chi connectivity index (χ1) is 21.3. The molecule has 0 unspecified atom stereocenters. The fraction of sp³-hybridized carbons (Fsp3) is 0.378. The number of amides is 2. The van der Waals surface area contributed by atoms with Crippen LogP contribution in [0.25, 0.3) is 16.8 Å². The minimum absolute atomic E-state index is 0.0279. The van der Waals surface area contributed by atoms with Crippen molar-refractivity contribution in [1.82, 2.24) is 19.6 Å². The van der Waals surface area contributed by atoms with E-state index in [4.69, 9.17) is 5.10 Å². The van der Waals surface area contributed by atoms with Crippen molar-refractivity contribution in [2.75, 3.05) is 19.3 Å². The van der Waals surface area contributed by atoms with E-state index < -0.39 is 0 Å². The number of thioether (sulfide) groups is 1. The number of fused-ring (bicyclic) bond motifs is 1. The summed E-state index contributed by atoms with van der Waals surface area (Å²) in [5.41, 5.74) is 7.03. The van der Waals surface area contributed by atoms with Crippen LogP contribution in [0, 0.1) is 6.92 Å². The smallest absolute Gasteiger partial charge is 0.274 e. The van der Waals surface area contributed by atoms with Gasteiger partial charge >= 0.3 is 0 Å². The van der Waals surface area contributed by atoms with Crippen molar-refractivity contribution < 1.29 is 9.59 Å². The maximum atomic E-state index is 14.5. The molecule has 4 aromatic rings. The van der Waals surface area contributed by atoms with Crippen LogP contribution in [0.1, 0.15) is 84.1 Å². The van der Waals surface area contributed by atoms with E-state index in [0.717, 1.165) is 62.0 Å². The second-order valence-electron chi connectivity index (χ2n) is 11.8. The van der Waals surface area contributed by atoms with Crippen LogP contribution in [0.15, 0.2) is 77.7 Å². The summed E-state index contributed by atoms with van der Waals surface area (Å²) >= 11 is 1.71. The molecule has 0 aliphatic carbocycles. The number of aryl methyl sites for hydroxylation is 1. The first-order valence-corrected chi connectivity index (χ1v) is 17.1. The Kier molecular flexibility index (Phi) is 10.3. The zero-order chi connectivity index (χ0) is 31.2. The van der Waals surface area contributed by atoms with Gasteiger partial charge < -0.3 is 9.80 Å². The molecule has 7 heteroatoms. The van der Waals surface area contributed by atoms with Gasteiger partial charge in [0, 0.05) is 36.3 Å². The number of hydrogen-bond acceptors (Lipinski definition) is 4. The largest absolute Gasteiger partial charge is 0.337 e. The Hall–Kier alpha value is -3.84. The molecule has 0 spiro atoms. The summed E-state index contributed by atoms with van der Waals surface area (Å²) in [4.78, 5) is 33.2. The van der Waals surface area contributed by atoms with Crippen LogP contribution in [0.5, 0.6) is 0 Å². The molecule has 3 aromatic carbocycles. The van der Waals surface area contributed by atoms with Gasteiger partial charge in [-0.05, 0) is 92.0 Å². The first-order valence-electron chi connectivity index (χ1n) is 15.9. The monoisotopic (exact) mass is 608 g/mol. The van der Waals surface area contributed by atoms with Crippen molar-refractivity contribution in [3.05, 3.63) is 101 Å². The number of hydrogen-bond donors (Lipinski definition) is 0. The number of aromatic nitrogens is 2. The Balaban J connectivity index is 1.56. The highest BCUT2D eigenvalue weighted by Crippen LogP contribution is 2.31. The van der Waals surface area contributed by atoms with Gasteiger partial charge in [0.2, 0.25) is 0 Å². The Morgan fingerprint density at radius 3 is 2.23 bits per heavy atom. The molecule has 0 fully saturated rings. The highest BCUT2D eigenvalue weighted by molar-refractivity contribution is 7.98. The lowest BCUT2D eigenvalue weighted by molar-refractivity contribution is 0.0658. The summed E-state index contributed by atoms with van der Waals surface area (Å²) in [6.45, 7) is 10.4. The predicted octanol–water partition coefficient (Wildman–Crippen LogP) is 8.20. The summed E-state index contributed by atoms with van der Waals surface area (Å²) in [5, 5.41) is 4.84. The van der Waals surface area contributed by atoms with E-state index in [2.05, 4.69) is 69.5 Å². The molecular formula is C37H44N4O2S. The normalized spacial score (nSPS) is 14.4. The Bertz CT molecular complexity index is 1600. The third-order valence-electron chi connectivity index (χ3n) is 8.60. The van der Waals surface area contributed by atoms with Gasteiger partial charge in [-0.2, -0.15) is 5.10 Å². The summed E-state index contributed by atoms with van der Waals surface area (Å²) in [6.07, 6.45) is 6.87. The first kappa shape index (κ1) is 31.6. The van der Waals surface area contributed by atoms with Crippen LogP contribution in [0.3, 0.4) is 0 Å². The fourth-order valence-electron chi connectivity index (χ4n) is 5.96. The van der Waals surface area contributed by atoms with Crippen LogP contribution in [-0.4, -0.2) is 56.8 Å². The standard InChI is InChI=1S/C37H44N4O2S/c1-6-8-20-39(21-9-7-2)37(43)34-23-27(4)41(38-34)35-19-16-30(28-14-17-32(44-5)18-15-28)24-33(35)36(42)40-25-31-13-11-10-12-29(31)22-26(40)3/h10-19,23-24,26H,6-9,20-22,25H2,1-5H3/t26-/m1/s1. The molecular weight excluding hydrogens is 565 g/mol. The lowest BCUT2D eigenvalue weighted by Gasteiger charge is -2.35. The predicted molar refractivity (Wildman–Crippen MR) is 181 cm³/mol. The van der Waals surface area contributed by atoms with Crippen molar-refractivity contribution in [1.29, 1.82) is 0 Å². The van der Waals surface area contributed by atoms with Gasteiger partial charge in [-0.3, -0.25) is 9.59 Å². The molecule has 1 aliphatic rings. The molecule has 0 bridgehead atoms. The zero-order valence-electron chi connectivity index (χ0n) is 26.7. The molecule has 0 radical (unpaired) electrons. The van der Waals surface area contributed by atoms with Crippen LogP contribution in [0.2, 0.25) is 0 Å². The molecule has 0 saturated heterocycles. The van der Waals surface area contributed by atoms with E-state index in [0.29, 0.717) is 23.5 Å². The third-order valence-corrected chi connectivity index (χ3v) is 9.35. The van der Waals surface area contributed by atoms with E-state index >= 15 is 0 Å². The molecule has 1 atom stereocenters. The third kappa shape index (κ3) is 6.78. The van der Waals surface area contributed by atoms with Gasteiger partial charge in [0.15, 0.2) is 5.69 Å². The minimum atomic E-state index is -0.0478. The van der Waals surface area contributed by atoms with Gasteiger partial charge in [0.05, 0.1) is 11.3 Å². The van der Waals surface area contributed by atoms with Gasteiger partial charge in [-0.15, -0.1) is 11.8 Å². The van der Waals surface area contributed by atoms with E-state index in [1.54, 1.807) is 16.4 Å². The van der Waals surface area contributed by atoms with Crippen LogP contribution >= 0.6 is 11.8 Å². The molecule has 2 amide bonds. The van der Waals surface area contributed by atoms with E-state index in [1.165, 1.54) is 16.0 Å². The van der Waals surface area contributed by atoms with Crippen molar-refractivity contribution in [2.45, 2.75) is 77.3 Å². The quantitative estimate of drug-likeness (QED) is 0.161. The minimum Gasteiger partial charge on any atom is -0.337 e. The average Bonchev–Trinajstić information content (AvgIpc) is 3.44. The lowest BCUT2D eigenvalue weighted by Crippen LogP contribution is -2.43. The molecule has 230 valence electrons. The fourth-order valence-corrected chi connectivity index (χ4v) is 6.37. The molecule has 6 nitrogen and oxygen atoms in total. The number of carbonyl (C=O) groups excluding carboxylic acids is 2. The number of carbonyl (C=O) groups is 2. The van der Waals surface area contributed by atoms with Crippen molar-refractivity contribution in [3.63, 3.8) is 0 Å². The number of nitrogens with zero attached hydrogens (tertiary/aromatic N) is 4. The van der Waals surface area contributed by atoms with Gasteiger partial charge in [-0.25, -0.2) is 4.68 Å². The maximum absolute atomic E-state index is 14.5. The van der Waals surface area contributed by atoms with Gasteiger partial charge in [0.1, 0.15) is 0 Å². The van der Waals surface area contributed by atoms with E-state index in [9.17, 15) is 9.59 Å². The van der Waals surface area contributed by atoms with Crippen LogP contribution < -0.4 is 0 Å². The molecule has 2 heterocycles. The van der Waals surface area contributed by atoms with E-state index in [1.807, 2.05) is 47.1 Å². The van der Waals surface area contributed by atoms with E-state index in [-0.39, 0.29) is 17.9 Å². The molecule has 1 aliphatic heterocycles. The second kappa shape index (κ2) is 14.3. The summed E-state index contributed by atoms with van der Waals surface area (Å²) in [5.74, 6) is -0.0757. The maximum Gasteiger partial charge on any atom is 0.274 e. The highest BCUT2D eigenvalue weighted by Gasteiger charge is 2.30. The average molecular weight is 609 g/mol. The van der Waals surface area contributed by atoms with Gasteiger partial charge in [-0.1, -0.05) is 69.2 Å². The second-order valence-corrected chi connectivity index (χ2v) is 12.7. The molecule has 5 rings (SSSR count). The zero-order valence-corrected chi connectivity index (χ0v) is 27.5. The molecule has 0 N–H and O–H groups in total. The van der Waals surface area contributed by atoms with Crippen molar-refractivity contribution >= 4 is 23.6 Å². The Morgan fingerprint density at radius 1 is 0.909 bits per heavy atom.